The van der Waals surface area contributed by atoms with Crippen LogP contribution in [0.15, 0.2) is 54.7 Å². The minimum absolute atomic E-state index is 0.0723. The predicted molar refractivity (Wildman–Crippen MR) is 82.1 cm³/mol. The number of ether oxygens (including phenoxy) is 1. The Balaban J connectivity index is 2.14. The van der Waals surface area contributed by atoms with Crippen LogP contribution in [0.2, 0.25) is 0 Å². The minimum atomic E-state index is -0.0723. The summed E-state index contributed by atoms with van der Waals surface area (Å²) in [5, 5.41) is 10.3. The number of aliphatic hydroxyl groups excluding tert-OH is 1. The van der Waals surface area contributed by atoms with Gasteiger partial charge in [-0.3, -0.25) is 4.98 Å². The van der Waals surface area contributed by atoms with Gasteiger partial charge >= 0.3 is 0 Å². The molecule has 0 saturated heterocycles. The lowest BCUT2D eigenvalue weighted by atomic mass is 10.1. The Kier molecular flexibility index (Phi) is 3.81. The Morgan fingerprint density at radius 3 is 2.57 bits per heavy atom. The van der Waals surface area contributed by atoms with E-state index in [9.17, 15) is 5.11 Å². The zero-order chi connectivity index (χ0) is 14.7. The first-order valence-corrected chi connectivity index (χ1v) is 6.77. The van der Waals surface area contributed by atoms with Gasteiger partial charge in [-0.2, -0.15) is 0 Å². The molecule has 0 fully saturated rings. The number of aliphatic hydroxyl groups is 1. The van der Waals surface area contributed by atoms with Crippen molar-refractivity contribution in [1.82, 2.24) is 4.98 Å². The van der Waals surface area contributed by atoms with Crippen molar-refractivity contribution >= 4 is 10.9 Å². The van der Waals surface area contributed by atoms with Crippen molar-refractivity contribution in [1.29, 1.82) is 0 Å². The maximum atomic E-state index is 9.42. The van der Waals surface area contributed by atoms with Crippen LogP contribution in [0.1, 0.15) is 11.1 Å². The summed E-state index contributed by atoms with van der Waals surface area (Å²) in [6, 6.07) is 15.2. The number of hydrogen-bond donors (Lipinski definition) is 2. The first kappa shape index (κ1) is 13.5. The Bertz CT molecular complexity index is 772. The van der Waals surface area contributed by atoms with Crippen LogP contribution in [0.25, 0.3) is 10.9 Å². The molecule has 0 bridgehead atoms. The van der Waals surface area contributed by atoms with Crippen LogP contribution in [0.3, 0.4) is 0 Å². The van der Waals surface area contributed by atoms with Crippen LogP contribution in [-0.2, 0) is 13.2 Å². The molecule has 1 heterocycles. The van der Waals surface area contributed by atoms with E-state index in [1.165, 1.54) is 0 Å². The van der Waals surface area contributed by atoms with Gasteiger partial charge in [0.15, 0.2) is 0 Å². The Hall–Kier alpha value is -2.43. The lowest BCUT2D eigenvalue weighted by Crippen LogP contribution is -2.02. The molecule has 106 valence electrons. The molecule has 0 atom stereocenters. The van der Waals surface area contributed by atoms with Crippen molar-refractivity contribution < 1.29 is 9.84 Å². The first-order valence-electron chi connectivity index (χ1n) is 6.77. The van der Waals surface area contributed by atoms with Crippen molar-refractivity contribution in [2.24, 2.45) is 5.73 Å². The predicted octanol–water partition coefficient (Wildman–Crippen LogP) is 2.98. The molecule has 0 aliphatic heterocycles. The van der Waals surface area contributed by atoms with Crippen LogP contribution in [0.5, 0.6) is 11.5 Å². The quantitative estimate of drug-likeness (QED) is 0.771. The van der Waals surface area contributed by atoms with Gasteiger partial charge in [0.05, 0.1) is 12.1 Å². The van der Waals surface area contributed by atoms with Crippen LogP contribution >= 0.6 is 0 Å². The average molecular weight is 280 g/mol. The molecule has 2 aromatic carbocycles. The van der Waals surface area contributed by atoms with Gasteiger partial charge in [0.25, 0.3) is 0 Å². The standard InChI is InChI=1S/C17H16N2O2/c18-9-13-10-19-15-7-3-2-6-14(15)17(13)21-16-8-4-1-5-12(16)11-20/h1-8,10,20H,9,11,18H2. The molecule has 0 aliphatic carbocycles. The fourth-order valence-electron chi connectivity index (χ4n) is 2.27. The second-order valence-corrected chi connectivity index (χ2v) is 4.70. The fourth-order valence-corrected chi connectivity index (χ4v) is 2.27. The van der Waals surface area contributed by atoms with Gasteiger partial charge < -0.3 is 15.6 Å². The fraction of sp³-hybridized carbons (Fsp3) is 0.118. The number of para-hydroxylation sites is 2. The van der Waals surface area contributed by atoms with Gasteiger partial charge in [0, 0.05) is 29.3 Å². The molecule has 1 aromatic heterocycles. The van der Waals surface area contributed by atoms with Crippen LogP contribution in [-0.4, -0.2) is 10.1 Å². The second-order valence-electron chi connectivity index (χ2n) is 4.70. The summed E-state index contributed by atoms with van der Waals surface area (Å²) in [5.41, 5.74) is 8.22. The number of rotatable bonds is 4. The van der Waals surface area contributed by atoms with E-state index in [0.717, 1.165) is 22.0 Å². The van der Waals surface area contributed by atoms with E-state index >= 15 is 0 Å². The monoisotopic (exact) mass is 280 g/mol. The Labute approximate surface area is 122 Å². The highest BCUT2D eigenvalue weighted by Crippen LogP contribution is 2.33. The molecule has 0 unspecified atom stereocenters. The molecule has 3 rings (SSSR count). The summed E-state index contributed by atoms with van der Waals surface area (Å²) in [5.74, 6) is 1.33. The van der Waals surface area contributed by atoms with Crippen molar-refractivity contribution in [3.8, 4) is 11.5 Å². The number of pyridine rings is 1. The van der Waals surface area contributed by atoms with E-state index in [4.69, 9.17) is 10.5 Å². The molecule has 21 heavy (non-hydrogen) atoms. The van der Waals surface area contributed by atoms with Gasteiger partial charge in [-0.25, -0.2) is 0 Å². The van der Waals surface area contributed by atoms with Gasteiger partial charge in [-0.15, -0.1) is 0 Å². The van der Waals surface area contributed by atoms with Gasteiger partial charge in [0.2, 0.25) is 0 Å². The number of nitrogens with two attached hydrogens (primary N) is 1. The molecule has 3 N–H and O–H groups in total. The largest absolute Gasteiger partial charge is 0.456 e. The molecule has 0 spiro atoms. The smallest absolute Gasteiger partial charge is 0.142 e. The van der Waals surface area contributed by atoms with E-state index in [1.807, 2.05) is 48.5 Å². The lowest BCUT2D eigenvalue weighted by Gasteiger charge is -2.14. The lowest BCUT2D eigenvalue weighted by molar-refractivity contribution is 0.276. The number of hydrogen-bond acceptors (Lipinski definition) is 4. The topological polar surface area (TPSA) is 68.4 Å². The number of fused-ring (bicyclic) bond motifs is 1. The molecule has 0 radical (unpaired) electrons. The number of nitrogens with zero attached hydrogens (tertiary/aromatic N) is 1. The summed E-state index contributed by atoms with van der Waals surface area (Å²) in [6.07, 6.45) is 1.74. The average Bonchev–Trinajstić information content (AvgIpc) is 2.55. The van der Waals surface area contributed by atoms with Crippen molar-refractivity contribution in [2.75, 3.05) is 0 Å². The van der Waals surface area contributed by atoms with Gasteiger partial charge in [-0.1, -0.05) is 30.3 Å². The molecule has 4 heteroatoms. The highest BCUT2D eigenvalue weighted by Gasteiger charge is 2.12. The highest BCUT2D eigenvalue weighted by molar-refractivity contribution is 5.86. The van der Waals surface area contributed by atoms with Gasteiger partial charge in [-0.05, 0) is 18.2 Å². The van der Waals surface area contributed by atoms with E-state index in [1.54, 1.807) is 6.20 Å². The van der Waals surface area contributed by atoms with Crippen LogP contribution in [0, 0.1) is 0 Å². The van der Waals surface area contributed by atoms with Crippen LogP contribution in [0.4, 0.5) is 0 Å². The Morgan fingerprint density at radius 2 is 1.76 bits per heavy atom. The highest BCUT2D eigenvalue weighted by atomic mass is 16.5. The third-order valence-electron chi connectivity index (χ3n) is 3.37. The minimum Gasteiger partial charge on any atom is -0.456 e. The van der Waals surface area contributed by atoms with Crippen LogP contribution < -0.4 is 10.5 Å². The number of aromatic nitrogens is 1. The SMILES string of the molecule is NCc1cnc2ccccc2c1Oc1ccccc1CO. The normalized spacial score (nSPS) is 10.8. The Morgan fingerprint density at radius 1 is 1.00 bits per heavy atom. The molecule has 0 saturated carbocycles. The number of benzene rings is 2. The van der Waals surface area contributed by atoms with E-state index in [0.29, 0.717) is 18.0 Å². The second kappa shape index (κ2) is 5.91. The zero-order valence-electron chi connectivity index (χ0n) is 11.5. The summed E-state index contributed by atoms with van der Waals surface area (Å²) in [7, 11) is 0. The summed E-state index contributed by atoms with van der Waals surface area (Å²) >= 11 is 0. The van der Waals surface area contributed by atoms with E-state index in [2.05, 4.69) is 4.98 Å². The molecule has 3 aromatic rings. The maximum Gasteiger partial charge on any atom is 0.142 e. The molecule has 0 amide bonds. The summed E-state index contributed by atoms with van der Waals surface area (Å²) in [4.78, 5) is 4.39. The molecule has 4 nitrogen and oxygen atoms in total. The third-order valence-corrected chi connectivity index (χ3v) is 3.37. The van der Waals surface area contributed by atoms with Crippen molar-refractivity contribution in [3.05, 3.63) is 65.9 Å². The molecular weight excluding hydrogens is 264 g/mol. The summed E-state index contributed by atoms with van der Waals surface area (Å²) < 4.78 is 6.06. The van der Waals surface area contributed by atoms with E-state index in [-0.39, 0.29) is 6.61 Å². The third kappa shape index (κ3) is 2.59. The maximum absolute atomic E-state index is 9.42. The summed E-state index contributed by atoms with van der Waals surface area (Å²) in [6.45, 7) is 0.269. The zero-order valence-corrected chi connectivity index (χ0v) is 11.5. The first-order chi connectivity index (χ1) is 10.3. The van der Waals surface area contributed by atoms with Crippen molar-refractivity contribution in [2.45, 2.75) is 13.2 Å². The van der Waals surface area contributed by atoms with Crippen molar-refractivity contribution in [3.63, 3.8) is 0 Å². The molecular formula is C17H16N2O2. The molecule has 0 aliphatic rings. The van der Waals surface area contributed by atoms with Gasteiger partial charge in [0.1, 0.15) is 11.5 Å². The van der Waals surface area contributed by atoms with E-state index < -0.39 is 0 Å².